The number of carbonyl (C=O) groups excluding carboxylic acids is 1. The second kappa shape index (κ2) is 10.6. The lowest BCUT2D eigenvalue weighted by Gasteiger charge is -2.32. The van der Waals surface area contributed by atoms with E-state index in [0.29, 0.717) is 10.6 Å². The zero-order valence-corrected chi connectivity index (χ0v) is 20.6. The van der Waals surface area contributed by atoms with Crippen molar-refractivity contribution in [2.75, 3.05) is 17.8 Å². The molecule has 1 heterocycles. The SMILES string of the molecule is Cc1ccccc1CN1CCC(NC(=O)c2cccc(S(=O)(=O)Nc3ccccc3Cl)c2)CC1. The van der Waals surface area contributed by atoms with Gasteiger partial charge in [-0.15, -0.1) is 0 Å². The summed E-state index contributed by atoms with van der Waals surface area (Å²) in [7, 11) is -3.89. The van der Waals surface area contributed by atoms with E-state index in [4.69, 9.17) is 11.6 Å². The van der Waals surface area contributed by atoms with Crippen LogP contribution in [-0.2, 0) is 16.6 Å². The zero-order chi connectivity index (χ0) is 24.1. The molecule has 6 nitrogen and oxygen atoms in total. The van der Waals surface area contributed by atoms with Gasteiger partial charge in [0.15, 0.2) is 0 Å². The van der Waals surface area contributed by atoms with E-state index in [9.17, 15) is 13.2 Å². The lowest BCUT2D eigenvalue weighted by atomic mass is 10.0. The highest BCUT2D eigenvalue weighted by atomic mass is 35.5. The molecule has 0 bridgehead atoms. The highest BCUT2D eigenvalue weighted by Crippen LogP contribution is 2.24. The third kappa shape index (κ3) is 5.97. The van der Waals surface area contributed by atoms with E-state index in [1.165, 1.54) is 23.3 Å². The molecule has 0 spiro atoms. The molecule has 1 aliphatic rings. The number of para-hydroxylation sites is 1. The smallest absolute Gasteiger partial charge is 0.261 e. The largest absolute Gasteiger partial charge is 0.349 e. The van der Waals surface area contributed by atoms with Gasteiger partial charge in [-0.05, 0) is 61.2 Å². The van der Waals surface area contributed by atoms with Crippen LogP contribution < -0.4 is 10.0 Å². The van der Waals surface area contributed by atoms with Gasteiger partial charge in [-0.25, -0.2) is 8.42 Å². The van der Waals surface area contributed by atoms with Crippen LogP contribution in [0.1, 0.15) is 34.3 Å². The lowest BCUT2D eigenvalue weighted by molar-refractivity contribution is 0.0908. The van der Waals surface area contributed by atoms with Gasteiger partial charge in [0.1, 0.15) is 0 Å². The third-order valence-electron chi connectivity index (χ3n) is 6.10. The standard InChI is InChI=1S/C26H28ClN3O3S/c1-19-7-2-3-8-21(19)18-30-15-13-22(14-16-30)28-26(31)20-9-6-10-23(17-20)34(32,33)29-25-12-5-4-11-24(25)27/h2-12,17,22,29H,13-16,18H2,1H3,(H,28,31). The molecular weight excluding hydrogens is 470 g/mol. The van der Waals surface area contributed by atoms with Gasteiger partial charge in [0, 0.05) is 31.2 Å². The molecule has 0 radical (unpaired) electrons. The van der Waals surface area contributed by atoms with Gasteiger partial charge in [-0.2, -0.15) is 0 Å². The Labute approximate surface area is 206 Å². The summed E-state index contributed by atoms with van der Waals surface area (Å²) >= 11 is 6.08. The number of nitrogens with one attached hydrogen (secondary N) is 2. The van der Waals surface area contributed by atoms with Crippen molar-refractivity contribution in [2.45, 2.75) is 37.2 Å². The number of anilines is 1. The molecule has 3 aromatic rings. The molecule has 0 atom stereocenters. The highest BCUT2D eigenvalue weighted by molar-refractivity contribution is 7.92. The first kappa shape index (κ1) is 24.3. The van der Waals surface area contributed by atoms with E-state index in [0.717, 1.165) is 32.5 Å². The molecule has 1 amide bonds. The number of nitrogens with zero attached hydrogens (tertiary/aromatic N) is 1. The Balaban J connectivity index is 1.36. The monoisotopic (exact) mass is 497 g/mol. The molecule has 2 N–H and O–H groups in total. The predicted octanol–water partition coefficient (Wildman–Crippen LogP) is 4.84. The maximum Gasteiger partial charge on any atom is 0.261 e. The fraction of sp³-hybridized carbons (Fsp3) is 0.269. The Morgan fingerprint density at radius 2 is 1.71 bits per heavy atom. The van der Waals surface area contributed by atoms with Crippen molar-refractivity contribution in [3.63, 3.8) is 0 Å². The molecule has 0 saturated carbocycles. The van der Waals surface area contributed by atoms with Crippen LogP contribution in [0.25, 0.3) is 0 Å². The van der Waals surface area contributed by atoms with Crippen LogP contribution in [0.15, 0.2) is 77.7 Å². The maximum atomic E-state index is 12.9. The fourth-order valence-corrected chi connectivity index (χ4v) is 5.45. The first-order valence-electron chi connectivity index (χ1n) is 11.3. The fourth-order valence-electron chi connectivity index (χ4n) is 4.08. The summed E-state index contributed by atoms with van der Waals surface area (Å²) in [5.41, 5.74) is 3.21. The van der Waals surface area contributed by atoms with Gasteiger partial charge in [-0.3, -0.25) is 14.4 Å². The van der Waals surface area contributed by atoms with Crippen molar-refractivity contribution in [1.82, 2.24) is 10.2 Å². The quantitative estimate of drug-likeness (QED) is 0.489. The number of sulfonamides is 1. The summed E-state index contributed by atoms with van der Waals surface area (Å²) in [6.45, 7) is 4.83. The zero-order valence-electron chi connectivity index (χ0n) is 19.0. The van der Waals surface area contributed by atoms with Crippen molar-refractivity contribution in [3.05, 3.63) is 94.5 Å². The number of carbonyl (C=O) groups is 1. The molecule has 34 heavy (non-hydrogen) atoms. The van der Waals surface area contributed by atoms with Crippen LogP contribution in [-0.4, -0.2) is 38.4 Å². The molecule has 178 valence electrons. The number of piperidine rings is 1. The third-order valence-corrected chi connectivity index (χ3v) is 7.80. The van der Waals surface area contributed by atoms with Crippen molar-refractivity contribution in [1.29, 1.82) is 0 Å². The summed E-state index contributed by atoms with van der Waals surface area (Å²) in [5, 5.41) is 3.37. The number of hydrogen-bond acceptors (Lipinski definition) is 4. The summed E-state index contributed by atoms with van der Waals surface area (Å²) < 4.78 is 28.1. The minimum absolute atomic E-state index is 0.00752. The summed E-state index contributed by atoms with van der Waals surface area (Å²) in [6, 6.07) is 21.1. The van der Waals surface area contributed by atoms with Gasteiger partial charge in [0.2, 0.25) is 0 Å². The Morgan fingerprint density at radius 1 is 1.00 bits per heavy atom. The molecule has 0 aromatic heterocycles. The lowest BCUT2D eigenvalue weighted by Crippen LogP contribution is -2.44. The second-order valence-electron chi connectivity index (χ2n) is 8.56. The van der Waals surface area contributed by atoms with E-state index >= 15 is 0 Å². The first-order chi connectivity index (χ1) is 16.3. The van der Waals surface area contributed by atoms with Gasteiger partial charge in [0.25, 0.3) is 15.9 Å². The van der Waals surface area contributed by atoms with Crippen LogP contribution >= 0.6 is 11.6 Å². The van der Waals surface area contributed by atoms with Crippen LogP contribution in [0.5, 0.6) is 0 Å². The minimum Gasteiger partial charge on any atom is -0.349 e. The summed E-state index contributed by atoms with van der Waals surface area (Å²) in [4.78, 5) is 15.3. The number of aryl methyl sites for hydroxylation is 1. The highest BCUT2D eigenvalue weighted by Gasteiger charge is 2.23. The molecule has 1 saturated heterocycles. The second-order valence-corrected chi connectivity index (χ2v) is 10.7. The molecule has 1 fully saturated rings. The van der Waals surface area contributed by atoms with Gasteiger partial charge in [-0.1, -0.05) is 54.1 Å². The molecule has 0 unspecified atom stereocenters. The molecule has 1 aliphatic heterocycles. The number of halogens is 1. The van der Waals surface area contributed by atoms with E-state index < -0.39 is 10.0 Å². The average Bonchev–Trinajstić information content (AvgIpc) is 2.83. The van der Waals surface area contributed by atoms with Crippen LogP contribution in [0.3, 0.4) is 0 Å². The van der Waals surface area contributed by atoms with Crippen LogP contribution in [0, 0.1) is 6.92 Å². The number of rotatable bonds is 7. The Bertz CT molecular complexity index is 1270. The van der Waals surface area contributed by atoms with E-state index in [2.05, 4.69) is 40.1 Å². The van der Waals surface area contributed by atoms with Crippen LogP contribution in [0.2, 0.25) is 5.02 Å². The van der Waals surface area contributed by atoms with E-state index in [1.54, 1.807) is 36.4 Å². The number of amides is 1. The summed E-state index contributed by atoms with van der Waals surface area (Å²) in [5.74, 6) is -0.271. The predicted molar refractivity (Wildman–Crippen MR) is 136 cm³/mol. The molecule has 8 heteroatoms. The number of benzene rings is 3. The maximum absolute atomic E-state index is 12.9. The van der Waals surface area contributed by atoms with E-state index in [1.807, 2.05) is 6.07 Å². The Kier molecular flexibility index (Phi) is 7.56. The first-order valence-corrected chi connectivity index (χ1v) is 13.1. The summed E-state index contributed by atoms with van der Waals surface area (Å²) in [6.07, 6.45) is 1.70. The molecular formula is C26H28ClN3O3S. The number of hydrogen-bond donors (Lipinski definition) is 2. The molecule has 0 aliphatic carbocycles. The van der Waals surface area contributed by atoms with Crippen molar-refractivity contribution in [3.8, 4) is 0 Å². The van der Waals surface area contributed by atoms with Gasteiger partial charge in [0.05, 0.1) is 15.6 Å². The molecule has 4 rings (SSSR count). The van der Waals surface area contributed by atoms with Crippen molar-refractivity contribution >= 4 is 33.2 Å². The topological polar surface area (TPSA) is 78.5 Å². The Hall–Kier alpha value is -2.87. The van der Waals surface area contributed by atoms with Gasteiger partial charge < -0.3 is 5.32 Å². The van der Waals surface area contributed by atoms with Gasteiger partial charge >= 0.3 is 0 Å². The van der Waals surface area contributed by atoms with E-state index in [-0.39, 0.29) is 22.5 Å². The minimum atomic E-state index is -3.89. The van der Waals surface area contributed by atoms with Crippen molar-refractivity contribution in [2.24, 2.45) is 0 Å². The van der Waals surface area contributed by atoms with Crippen LogP contribution in [0.4, 0.5) is 5.69 Å². The van der Waals surface area contributed by atoms with Crippen molar-refractivity contribution < 1.29 is 13.2 Å². The normalized spacial score (nSPS) is 15.1. The number of likely N-dealkylation sites (tertiary alicyclic amines) is 1. The Morgan fingerprint density at radius 3 is 2.44 bits per heavy atom. The average molecular weight is 498 g/mol. The molecule has 3 aromatic carbocycles.